The first kappa shape index (κ1) is 18.3. The van der Waals surface area contributed by atoms with Gasteiger partial charge >= 0.3 is 5.97 Å². The normalized spacial score (nSPS) is 11.7. The third-order valence-corrected chi connectivity index (χ3v) is 4.61. The van der Waals surface area contributed by atoms with E-state index < -0.39 is 5.97 Å². The summed E-state index contributed by atoms with van der Waals surface area (Å²) in [7, 11) is 0. The number of halogens is 1. The molecule has 0 saturated carbocycles. The number of aromatic nitrogens is 2. The molecule has 0 aliphatic heterocycles. The fourth-order valence-corrected chi connectivity index (χ4v) is 3.06. The van der Waals surface area contributed by atoms with Crippen LogP contribution >= 0.6 is 23.4 Å². The number of thioether (sulfide) groups is 1. The zero-order valence-corrected chi connectivity index (χ0v) is 15.6. The topological polar surface area (TPSA) is 89.4 Å². The minimum atomic E-state index is -1.11. The Kier molecular flexibility index (Phi) is 5.49. The fraction of sp³-hybridized carbons (Fsp3) is 0.167. The van der Waals surface area contributed by atoms with Gasteiger partial charge < -0.3 is 13.9 Å². The maximum Gasteiger partial charge on any atom is 0.342 e. The van der Waals surface area contributed by atoms with Gasteiger partial charge in [0.25, 0.3) is 5.22 Å². The summed E-state index contributed by atoms with van der Waals surface area (Å²) in [4.78, 5) is 11.5. The quantitative estimate of drug-likeness (QED) is 0.464. The van der Waals surface area contributed by atoms with Crippen LogP contribution in [0.15, 0.2) is 49.3 Å². The third-order valence-electron chi connectivity index (χ3n) is 3.52. The lowest BCUT2D eigenvalue weighted by Crippen LogP contribution is -1.96. The molecule has 26 heavy (non-hydrogen) atoms. The number of hydrogen-bond donors (Lipinski definition) is 1. The highest BCUT2D eigenvalue weighted by Crippen LogP contribution is 2.31. The molecule has 0 saturated heterocycles. The van der Waals surface area contributed by atoms with Gasteiger partial charge in [-0.05, 0) is 48.5 Å². The van der Waals surface area contributed by atoms with E-state index in [0.717, 1.165) is 22.9 Å². The van der Waals surface area contributed by atoms with Crippen LogP contribution in [0.3, 0.4) is 0 Å². The number of aliphatic carboxylic acids is 1. The molecule has 0 aliphatic rings. The van der Waals surface area contributed by atoms with E-state index in [4.69, 9.17) is 20.4 Å². The van der Waals surface area contributed by atoms with Gasteiger partial charge in [-0.3, -0.25) is 0 Å². The maximum atomic E-state index is 11.5. The molecule has 0 bridgehead atoms. The van der Waals surface area contributed by atoms with Crippen molar-refractivity contribution in [3.8, 4) is 11.3 Å². The fourth-order valence-electron chi connectivity index (χ4n) is 2.22. The lowest BCUT2D eigenvalue weighted by molar-refractivity contribution is -0.131. The molecule has 0 amide bonds. The lowest BCUT2D eigenvalue weighted by atomic mass is 10.1. The van der Waals surface area contributed by atoms with Crippen LogP contribution in [0, 0.1) is 6.92 Å². The first-order chi connectivity index (χ1) is 12.5. The number of furan rings is 1. The summed E-state index contributed by atoms with van der Waals surface area (Å²) in [6.07, 6.45) is 2.01. The maximum absolute atomic E-state index is 11.5. The van der Waals surface area contributed by atoms with E-state index in [1.807, 2.05) is 19.9 Å². The van der Waals surface area contributed by atoms with Crippen LogP contribution in [-0.4, -0.2) is 21.3 Å². The second-order valence-corrected chi connectivity index (χ2v) is 6.82. The summed E-state index contributed by atoms with van der Waals surface area (Å²) < 4.78 is 11.1. The van der Waals surface area contributed by atoms with Crippen molar-refractivity contribution in [2.45, 2.75) is 25.5 Å². The van der Waals surface area contributed by atoms with E-state index in [1.54, 1.807) is 24.3 Å². The van der Waals surface area contributed by atoms with E-state index >= 15 is 0 Å². The third kappa shape index (κ3) is 4.17. The van der Waals surface area contributed by atoms with Crippen molar-refractivity contribution in [2.75, 3.05) is 0 Å². The van der Waals surface area contributed by atoms with Crippen LogP contribution in [0.4, 0.5) is 0 Å². The number of carbonyl (C=O) groups is 1. The Bertz CT molecular complexity index is 977. The molecule has 0 fully saturated rings. The molecule has 6 nitrogen and oxygen atoms in total. The predicted molar refractivity (Wildman–Crippen MR) is 99.0 cm³/mol. The molecule has 3 rings (SSSR count). The minimum Gasteiger partial charge on any atom is -0.477 e. The number of rotatable bonds is 6. The van der Waals surface area contributed by atoms with Crippen molar-refractivity contribution in [2.24, 2.45) is 0 Å². The zero-order chi connectivity index (χ0) is 18.7. The zero-order valence-electron chi connectivity index (χ0n) is 14.0. The van der Waals surface area contributed by atoms with Crippen molar-refractivity contribution in [1.29, 1.82) is 0 Å². The molecule has 0 unspecified atom stereocenters. The van der Waals surface area contributed by atoms with Crippen LogP contribution in [0.5, 0.6) is 0 Å². The Morgan fingerprint density at radius 3 is 2.77 bits per heavy atom. The van der Waals surface area contributed by atoms with Crippen molar-refractivity contribution in [3.05, 3.63) is 57.5 Å². The van der Waals surface area contributed by atoms with Gasteiger partial charge in [-0.15, -0.1) is 10.2 Å². The molecule has 134 valence electrons. The Hall–Kier alpha value is -2.51. The van der Waals surface area contributed by atoms with E-state index in [0.29, 0.717) is 28.9 Å². The van der Waals surface area contributed by atoms with Crippen molar-refractivity contribution in [3.63, 3.8) is 0 Å². The molecule has 3 aromatic rings. The van der Waals surface area contributed by atoms with Crippen LogP contribution in [-0.2, 0) is 11.2 Å². The highest BCUT2D eigenvalue weighted by molar-refractivity contribution is 8.03. The molecule has 1 N–H and O–H groups in total. The summed E-state index contributed by atoms with van der Waals surface area (Å²) in [6, 6.07) is 8.98. The van der Waals surface area contributed by atoms with Gasteiger partial charge in [-0.2, -0.15) is 0 Å². The Morgan fingerprint density at radius 1 is 1.27 bits per heavy atom. The number of nitrogens with zero attached hydrogens (tertiary/aromatic N) is 2. The van der Waals surface area contributed by atoms with Crippen LogP contribution in [0.2, 0.25) is 5.02 Å². The molecule has 8 heteroatoms. The average molecular weight is 391 g/mol. The van der Waals surface area contributed by atoms with Crippen molar-refractivity contribution >= 4 is 35.4 Å². The SMILES string of the molecule is CCc1nnc(S/C(=C/c2ccc(-c3cc(Cl)ccc3C)o2)C(=O)O)o1. The second-order valence-electron chi connectivity index (χ2n) is 5.39. The molecular formula is C18H15ClN2O4S. The van der Waals surface area contributed by atoms with Crippen LogP contribution in [0.1, 0.15) is 24.1 Å². The molecule has 0 aliphatic carbocycles. The van der Waals surface area contributed by atoms with Gasteiger partial charge in [-0.25, -0.2) is 4.79 Å². The first-order valence-electron chi connectivity index (χ1n) is 7.78. The number of carboxylic acids is 1. The van der Waals surface area contributed by atoms with Crippen LogP contribution < -0.4 is 0 Å². The predicted octanol–water partition coefficient (Wildman–Crippen LogP) is 5.07. The molecule has 0 atom stereocenters. The average Bonchev–Trinajstić information content (AvgIpc) is 3.25. The molecular weight excluding hydrogens is 376 g/mol. The molecule has 0 spiro atoms. The second kappa shape index (κ2) is 7.80. The monoisotopic (exact) mass is 390 g/mol. The van der Waals surface area contributed by atoms with Gasteiger partial charge in [0, 0.05) is 23.1 Å². The lowest BCUT2D eigenvalue weighted by Gasteiger charge is -2.03. The standard InChI is InChI=1S/C18H15ClN2O4S/c1-3-16-20-21-18(25-16)26-15(17(22)23)9-12-6-7-14(24-12)13-8-11(19)5-4-10(13)2/h4-9H,3H2,1-2H3,(H,22,23)/b15-9+. The first-order valence-corrected chi connectivity index (χ1v) is 8.97. The van der Waals surface area contributed by atoms with Crippen molar-refractivity contribution < 1.29 is 18.7 Å². The Morgan fingerprint density at radius 2 is 2.08 bits per heavy atom. The van der Waals surface area contributed by atoms with Gasteiger partial charge in [0.05, 0.1) is 0 Å². The number of benzene rings is 1. The molecule has 0 radical (unpaired) electrons. The van der Waals surface area contributed by atoms with E-state index in [9.17, 15) is 9.90 Å². The summed E-state index contributed by atoms with van der Waals surface area (Å²) in [5.41, 5.74) is 1.86. The molecule has 2 aromatic heterocycles. The number of aryl methyl sites for hydroxylation is 2. The summed E-state index contributed by atoms with van der Waals surface area (Å²) in [6.45, 7) is 3.82. The van der Waals surface area contributed by atoms with Gasteiger partial charge in [0.1, 0.15) is 16.4 Å². The highest BCUT2D eigenvalue weighted by atomic mass is 35.5. The smallest absolute Gasteiger partial charge is 0.342 e. The Labute approximate surface area is 158 Å². The largest absolute Gasteiger partial charge is 0.477 e. The van der Waals surface area contributed by atoms with E-state index in [1.165, 1.54) is 6.08 Å². The van der Waals surface area contributed by atoms with Crippen LogP contribution in [0.25, 0.3) is 17.4 Å². The summed E-state index contributed by atoms with van der Waals surface area (Å²) >= 11 is 6.92. The molecule has 2 heterocycles. The summed E-state index contributed by atoms with van der Waals surface area (Å²) in [5, 5.41) is 17.8. The van der Waals surface area contributed by atoms with Gasteiger partial charge in [0.15, 0.2) is 0 Å². The van der Waals surface area contributed by atoms with E-state index in [2.05, 4.69) is 10.2 Å². The van der Waals surface area contributed by atoms with E-state index in [-0.39, 0.29) is 10.1 Å². The van der Waals surface area contributed by atoms with Gasteiger partial charge in [0.2, 0.25) is 5.89 Å². The summed E-state index contributed by atoms with van der Waals surface area (Å²) in [5.74, 6) is 0.355. The number of carboxylic acid groups (broad SMARTS) is 1. The molecule has 1 aromatic carbocycles. The Balaban J connectivity index is 1.88. The van der Waals surface area contributed by atoms with Crippen molar-refractivity contribution in [1.82, 2.24) is 10.2 Å². The number of hydrogen-bond acceptors (Lipinski definition) is 6. The van der Waals surface area contributed by atoms with Gasteiger partial charge in [-0.1, -0.05) is 24.6 Å². The highest BCUT2D eigenvalue weighted by Gasteiger charge is 2.16. The minimum absolute atomic E-state index is 0.0139.